The lowest BCUT2D eigenvalue weighted by Gasteiger charge is -2.23. The van der Waals surface area contributed by atoms with Gasteiger partial charge in [-0.25, -0.2) is 19.2 Å². The molecule has 0 fully saturated rings. The van der Waals surface area contributed by atoms with Gasteiger partial charge in [-0.3, -0.25) is 0 Å². The van der Waals surface area contributed by atoms with E-state index in [1.165, 1.54) is 36.4 Å². The fourth-order valence-electron chi connectivity index (χ4n) is 4.78. The number of rotatable bonds is 16. The summed E-state index contributed by atoms with van der Waals surface area (Å²) in [5.74, 6) is -3.27. The summed E-state index contributed by atoms with van der Waals surface area (Å²) in [5, 5.41) is 36.5. The van der Waals surface area contributed by atoms with E-state index in [-0.39, 0.29) is 22.3 Å². The Morgan fingerprint density at radius 1 is 0.550 bits per heavy atom. The lowest BCUT2D eigenvalue weighted by Crippen LogP contribution is -2.18. The van der Waals surface area contributed by atoms with Crippen molar-refractivity contribution in [2.24, 2.45) is 11.8 Å². The van der Waals surface area contributed by atoms with Gasteiger partial charge in [-0.15, -0.1) is 0 Å². The van der Waals surface area contributed by atoms with Gasteiger partial charge in [-0.2, -0.15) is 0 Å². The van der Waals surface area contributed by atoms with E-state index in [4.69, 9.17) is 10.2 Å². The van der Waals surface area contributed by atoms with Gasteiger partial charge in [-0.1, -0.05) is 79.1 Å². The van der Waals surface area contributed by atoms with E-state index in [0.717, 1.165) is 62.5 Å². The molecule has 0 aliphatic rings. The highest BCUT2D eigenvalue weighted by atomic mass is 16.4. The zero-order valence-electron chi connectivity index (χ0n) is 24.1. The van der Waals surface area contributed by atoms with E-state index in [0.29, 0.717) is 24.7 Å². The molecule has 2 atom stereocenters. The molecule has 2 aromatic rings. The van der Waals surface area contributed by atoms with Crippen LogP contribution >= 0.6 is 0 Å². The molecule has 0 heterocycles. The first kappa shape index (κ1) is 34.3. The smallest absolute Gasteiger partial charge is 0.335 e. The number of hydrogen-bond donors (Lipinski definition) is 4. The molecule has 40 heavy (non-hydrogen) atoms. The van der Waals surface area contributed by atoms with Crippen LogP contribution in [0.4, 0.5) is 0 Å². The van der Waals surface area contributed by atoms with Crippen LogP contribution in [0.1, 0.15) is 132 Å². The van der Waals surface area contributed by atoms with Gasteiger partial charge in [0, 0.05) is 0 Å². The first-order chi connectivity index (χ1) is 19.0. The van der Waals surface area contributed by atoms with Gasteiger partial charge in [0.15, 0.2) is 0 Å². The van der Waals surface area contributed by atoms with Gasteiger partial charge in [0.2, 0.25) is 0 Å². The zero-order chi connectivity index (χ0) is 30.2. The Bertz CT molecular complexity index is 1030. The quantitative estimate of drug-likeness (QED) is 0.164. The molecule has 8 nitrogen and oxygen atoms in total. The first-order valence-electron chi connectivity index (χ1n) is 14.2. The van der Waals surface area contributed by atoms with E-state index in [1.807, 2.05) is 0 Å². The fourth-order valence-corrected chi connectivity index (χ4v) is 4.78. The van der Waals surface area contributed by atoms with Crippen LogP contribution in [0.2, 0.25) is 0 Å². The molecule has 0 spiro atoms. The Kier molecular flexibility index (Phi) is 15.3. The van der Waals surface area contributed by atoms with Crippen molar-refractivity contribution >= 4 is 23.9 Å². The van der Waals surface area contributed by atoms with E-state index in [2.05, 4.69) is 27.7 Å². The molecule has 220 valence electrons. The average molecular weight is 557 g/mol. The van der Waals surface area contributed by atoms with Crippen molar-refractivity contribution in [1.29, 1.82) is 0 Å². The van der Waals surface area contributed by atoms with Crippen molar-refractivity contribution in [2.45, 2.75) is 91.9 Å². The molecule has 0 bridgehead atoms. The van der Waals surface area contributed by atoms with Crippen LogP contribution in [-0.4, -0.2) is 44.3 Å². The number of carboxylic acids is 4. The van der Waals surface area contributed by atoms with Crippen LogP contribution < -0.4 is 0 Å². The molecular formula is C32H44O8. The maximum atomic E-state index is 11.9. The molecule has 0 saturated carbocycles. The summed E-state index contributed by atoms with van der Waals surface area (Å²) in [4.78, 5) is 44.5. The van der Waals surface area contributed by atoms with E-state index >= 15 is 0 Å². The predicted octanol–water partition coefficient (Wildman–Crippen LogP) is 7.68. The number of hydrogen-bond acceptors (Lipinski definition) is 4. The maximum Gasteiger partial charge on any atom is 0.335 e. The molecule has 2 aromatic carbocycles. The van der Waals surface area contributed by atoms with Gasteiger partial charge in [0.05, 0.1) is 22.3 Å². The minimum atomic E-state index is -1.06. The molecule has 2 unspecified atom stereocenters. The van der Waals surface area contributed by atoms with Crippen LogP contribution in [-0.2, 0) is 12.8 Å². The van der Waals surface area contributed by atoms with Crippen molar-refractivity contribution in [3.63, 3.8) is 0 Å². The molecule has 0 aromatic heterocycles. The minimum absolute atomic E-state index is 0.0833. The normalized spacial score (nSPS) is 12.1. The molecule has 2 rings (SSSR count). The van der Waals surface area contributed by atoms with E-state index in [9.17, 15) is 29.4 Å². The van der Waals surface area contributed by atoms with Gasteiger partial charge in [-0.05, 0) is 72.2 Å². The third-order valence-electron chi connectivity index (χ3n) is 7.34. The lowest BCUT2D eigenvalue weighted by molar-refractivity contribution is 0.0678. The van der Waals surface area contributed by atoms with Crippen molar-refractivity contribution in [2.75, 3.05) is 0 Å². The second kappa shape index (κ2) is 17.8. The van der Waals surface area contributed by atoms with Gasteiger partial charge >= 0.3 is 23.9 Å². The molecular weight excluding hydrogens is 512 g/mol. The second-order valence-corrected chi connectivity index (χ2v) is 10.2. The highest BCUT2D eigenvalue weighted by Gasteiger charge is 2.24. The zero-order valence-corrected chi connectivity index (χ0v) is 24.1. The molecule has 4 N–H and O–H groups in total. The summed E-state index contributed by atoms with van der Waals surface area (Å²) < 4.78 is 0. The monoisotopic (exact) mass is 556 g/mol. The topological polar surface area (TPSA) is 149 Å². The van der Waals surface area contributed by atoms with E-state index < -0.39 is 23.9 Å². The molecule has 0 amide bonds. The number of benzene rings is 2. The van der Waals surface area contributed by atoms with Crippen molar-refractivity contribution in [3.8, 4) is 0 Å². The summed E-state index contributed by atoms with van der Waals surface area (Å²) in [7, 11) is 0. The van der Waals surface area contributed by atoms with Crippen LogP contribution in [0.15, 0.2) is 36.4 Å². The predicted molar refractivity (Wildman–Crippen MR) is 155 cm³/mol. The van der Waals surface area contributed by atoms with Gasteiger partial charge in [0.1, 0.15) is 0 Å². The first-order valence-corrected chi connectivity index (χ1v) is 14.2. The third-order valence-corrected chi connectivity index (χ3v) is 7.34. The average Bonchev–Trinajstić information content (AvgIpc) is 2.93. The SMILES string of the molecule is CCCCC(CC)Cc1c(C(=O)O)ccc(C(=O)O)c1CC(CC)CCCC.O=C(O)c1ccc(C(=O)O)cc1. The summed E-state index contributed by atoms with van der Waals surface area (Å²) >= 11 is 0. The minimum Gasteiger partial charge on any atom is -0.478 e. The summed E-state index contributed by atoms with van der Waals surface area (Å²) in [6, 6.07) is 8.00. The molecule has 0 radical (unpaired) electrons. The second-order valence-electron chi connectivity index (χ2n) is 10.2. The Balaban J connectivity index is 0.000000552. The number of carboxylic acid groups (broad SMARTS) is 4. The highest BCUT2D eigenvalue weighted by Crippen LogP contribution is 2.30. The third kappa shape index (κ3) is 10.8. The van der Waals surface area contributed by atoms with Crippen molar-refractivity contribution in [3.05, 3.63) is 69.8 Å². The summed E-state index contributed by atoms with van der Waals surface area (Å²) in [6.07, 6.45) is 9.80. The van der Waals surface area contributed by atoms with Crippen LogP contribution in [0.3, 0.4) is 0 Å². The fraction of sp³-hybridized carbons (Fsp3) is 0.500. The lowest BCUT2D eigenvalue weighted by atomic mass is 9.81. The Morgan fingerprint density at radius 3 is 1.10 bits per heavy atom. The Labute approximate surface area is 237 Å². The number of aromatic carboxylic acids is 4. The van der Waals surface area contributed by atoms with Gasteiger partial charge in [0.25, 0.3) is 0 Å². The van der Waals surface area contributed by atoms with Gasteiger partial charge < -0.3 is 20.4 Å². The summed E-state index contributed by atoms with van der Waals surface area (Å²) in [5.41, 5.74) is 2.23. The largest absolute Gasteiger partial charge is 0.478 e. The van der Waals surface area contributed by atoms with Crippen LogP contribution in [0, 0.1) is 11.8 Å². The number of unbranched alkanes of at least 4 members (excludes halogenated alkanes) is 2. The van der Waals surface area contributed by atoms with Crippen molar-refractivity contribution in [1.82, 2.24) is 0 Å². The summed E-state index contributed by atoms with van der Waals surface area (Å²) in [6.45, 7) is 8.59. The molecule has 0 saturated heterocycles. The maximum absolute atomic E-state index is 11.9. The highest BCUT2D eigenvalue weighted by molar-refractivity contribution is 5.95. The molecule has 0 aliphatic heterocycles. The Hall–Kier alpha value is -3.68. The Morgan fingerprint density at radius 2 is 0.875 bits per heavy atom. The van der Waals surface area contributed by atoms with Crippen molar-refractivity contribution < 1.29 is 39.6 Å². The number of carbonyl (C=O) groups is 4. The van der Waals surface area contributed by atoms with E-state index in [1.54, 1.807) is 0 Å². The van der Waals surface area contributed by atoms with Crippen LogP contribution in [0.5, 0.6) is 0 Å². The van der Waals surface area contributed by atoms with Crippen LogP contribution in [0.25, 0.3) is 0 Å². The molecule has 0 aliphatic carbocycles. The standard InChI is InChI=1S/C24H38O4.C8H6O4/c1-5-9-11-17(7-3)15-21-19(23(25)26)13-14-20(24(27)28)22(21)16-18(8-4)12-10-6-2;9-7(10)5-1-2-6(4-3-5)8(11)12/h13-14,17-18H,5-12,15-16H2,1-4H3,(H,25,26)(H,27,28);1-4H,(H,9,10)(H,11,12). The molecule has 8 heteroatoms.